The Morgan fingerprint density at radius 3 is 2.54 bits per heavy atom. The molecule has 0 aliphatic heterocycles. The lowest BCUT2D eigenvalue weighted by Crippen LogP contribution is -2.30. The average molecular weight is 386 g/mol. The second-order valence-electron chi connectivity index (χ2n) is 5.91. The average Bonchev–Trinajstić information content (AvgIpc) is 3.32. The van der Waals surface area contributed by atoms with E-state index in [-0.39, 0.29) is 18.6 Å². The molecule has 0 spiro atoms. The van der Waals surface area contributed by atoms with Crippen LogP contribution in [0.5, 0.6) is 0 Å². The van der Waals surface area contributed by atoms with Crippen LogP contribution in [0.2, 0.25) is 0 Å². The molecule has 0 saturated heterocycles. The fraction of sp³-hybridized carbons (Fsp3) is 0.200. The summed E-state index contributed by atoms with van der Waals surface area (Å²) in [7, 11) is 0. The number of thiophene rings is 2. The fourth-order valence-corrected chi connectivity index (χ4v) is 4.06. The van der Waals surface area contributed by atoms with Gasteiger partial charge >= 0.3 is 5.97 Å². The molecular weight excluding hydrogens is 366 g/mol. The smallest absolute Gasteiger partial charge is 0.349 e. The van der Waals surface area contributed by atoms with Crippen LogP contribution in [-0.2, 0) is 9.53 Å². The zero-order chi connectivity index (χ0) is 18.5. The number of aryl methyl sites for hydroxylation is 1. The monoisotopic (exact) mass is 385 g/mol. The number of hydrogen-bond donors (Lipinski definition) is 1. The predicted molar refractivity (Wildman–Crippen MR) is 106 cm³/mol. The predicted octanol–water partition coefficient (Wildman–Crippen LogP) is 4.82. The first-order valence-corrected chi connectivity index (χ1v) is 9.95. The summed E-state index contributed by atoms with van der Waals surface area (Å²) in [6, 6.07) is 13.6. The van der Waals surface area contributed by atoms with Crippen LogP contribution in [0.15, 0.2) is 53.2 Å². The van der Waals surface area contributed by atoms with Gasteiger partial charge in [0.05, 0.1) is 6.04 Å². The molecule has 6 heteroatoms. The molecule has 2 heterocycles. The normalized spacial score (nSPS) is 11.8. The minimum atomic E-state index is -0.477. The van der Waals surface area contributed by atoms with Gasteiger partial charge in [-0.2, -0.15) is 0 Å². The molecule has 2 aromatic heterocycles. The first kappa shape index (κ1) is 18.4. The van der Waals surface area contributed by atoms with Crippen molar-refractivity contribution >= 4 is 34.6 Å². The zero-order valence-electron chi connectivity index (χ0n) is 14.5. The number of amides is 1. The molecular formula is C20H19NO3S2. The Balaban J connectivity index is 1.60. The number of rotatable bonds is 6. The van der Waals surface area contributed by atoms with Gasteiger partial charge in [0.2, 0.25) is 0 Å². The van der Waals surface area contributed by atoms with Crippen LogP contribution in [0.3, 0.4) is 0 Å². The van der Waals surface area contributed by atoms with Gasteiger partial charge < -0.3 is 10.1 Å². The Morgan fingerprint density at radius 2 is 1.85 bits per heavy atom. The van der Waals surface area contributed by atoms with E-state index in [9.17, 15) is 9.59 Å². The second kappa shape index (κ2) is 8.29. The van der Waals surface area contributed by atoms with Crippen LogP contribution < -0.4 is 5.32 Å². The lowest BCUT2D eigenvalue weighted by Gasteiger charge is -2.12. The van der Waals surface area contributed by atoms with Crippen molar-refractivity contribution in [1.29, 1.82) is 0 Å². The third-order valence-electron chi connectivity index (χ3n) is 3.90. The van der Waals surface area contributed by atoms with Gasteiger partial charge in [0, 0.05) is 10.4 Å². The molecule has 0 radical (unpaired) electrons. The number of hydrogen-bond acceptors (Lipinski definition) is 5. The molecule has 0 fully saturated rings. The van der Waals surface area contributed by atoms with Crippen LogP contribution in [0.25, 0.3) is 11.1 Å². The summed E-state index contributed by atoms with van der Waals surface area (Å²) in [5.74, 6) is -0.790. The highest BCUT2D eigenvalue weighted by atomic mass is 32.1. The SMILES string of the molecule is Cc1ccc(-c2ccsc2C(=O)OCC(=O)N[C@H](C)c2cccs2)cc1. The highest BCUT2D eigenvalue weighted by Gasteiger charge is 2.18. The summed E-state index contributed by atoms with van der Waals surface area (Å²) < 4.78 is 5.22. The summed E-state index contributed by atoms with van der Waals surface area (Å²) in [6.07, 6.45) is 0. The minimum absolute atomic E-state index is 0.106. The van der Waals surface area contributed by atoms with Crippen molar-refractivity contribution in [2.45, 2.75) is 19.9 Å². The van der Waals surface area contributed by atoms with Crippen molar-refractivity contribution in [3.63, 3.8) is 0 Å². The van der Waals surface area contributed by atoms with Gasteiger partial charge in [-0.05, 0) is 42.3 Å². The Labute approximate surface area is 160 Å². The highest BCUT2D eigenvalue weighted by molar-refractivity contribution is 7.12. The van der Waals surface area contributed by atoms with Crippen molar-refractivity contribution < 1.29 is 14.3 Å². The third kappa shape index (κ3) is 4.39. The lowest BCUT2D eigenvalue weighted by atomic mass is 10.1. The van der Waals surface area contributed by atoms with E-state index >= 15 is 0 Å². The third-order valence-corrected chi connectivity index (χ3v) is 5.84. The van der Waals surface area contributed by atoms with Gasteiger partial charge in [-0.3, -0.25) is 4.79 Å². The van der Waals surface area contributed by atoms with E-state index in [4.69, 9.17) is 4.74 Å². The largest absolute Gasteiger partial charge is 0.451 e. The number of carbonyl (C=O) groups is 2. The van der Waals surface area contributed by atoms with Crippen LogP contribution >= 0.6 is 22.7 Å². The Morgan fingerprint density at radius 1 is 1.08 bits per heavy atom. The quantitative estimate of drug-likeness (QED) is 0.619. The van der Waals surface area contributed by atoms with E-state index in [0.717, 1.165) is 21.6 Å². The summed E-state index contributed by atoms with van der Waals surface area (Å²) in [5, 5.41) is 6.64. The molecule has 1 atom stereocenters. The van der Waals surface area contributed by atoms with Crippen molar-refractivity contribution in [2.75, 3.05) is 6.61 Å². The summed E-state index contributed by atoms with van der Waals surface area (Å²) in [5.41, 5.74) is 2.94. The zero-order valence-corrected chi connectivity index (χ0v) is 16.2. The minimum Gasteiger partial charge on any atom is -0.451 e. The fourth-order valence-electron chi connectivity index (χ4n) is 2.52. The second-order valence-corrected chi connectivity index (χ2v) is 7.81. The van der Waals surface area contributed by atoms with E-state index in [1.54, 1.807) is 11.3 Å². The molecule has 3 aromatic rings. The summed E-state index contributed by atoms with van der Waals surface area (Å²) in [4.78, 5) is 26.0. The molecule has 0 bridgehead atoms. The Hall–Kier alpha value is -2.44. The molecule has 4 nitrogen and oxygen atoms in total. The summed E-state index contributed by atoms with van der Waals surface area (Å²) in [6.45, 7) is 3.63. The molecule has 1 aromatic carbocycles. The molecule has 0 unspecified atom stereocenters. The maximum absolute atomic E-state index is 12.4. The van der Waals surface area contributed by atoms with Crippen molar-refractivity contribution in [1.82, 2.24) is 5.32 Å². The summed E-state index contributed by atoms with van der Waals surface area (Å²) >= 11 is 2.89. The number of ether oxygens (including phenoxy) is 1. The topological polar surface area (TPSA) is 55.4 Å². The Kier molecular flexibility index (Phi) is 5.85. The van der Waals surface area contributed by atoms with Gasteiger partial charge in [0.25, 0.3) is 5.91 Å². The first-order chi connectivity index (χ1) is 12.5. The maximum atomic E-state index is 12.4. The number of benzene rings is 1. The maximum Gasteiger partial charge on any atom is 0.349 e. The molecule has 134 valence electrons. The lowest BCUT2D eigenvalue weighted by molar-refractivity contribution is -0.124. The molecule has 1 N–H and O–H groups in total. The number of esters is 1. The van der Waals surface area contributed by atoms with E-state index in [1.807, 2.05) is 67.1 Å². The van der Waals surface area contributed by atoms with Crippen LogP contribution in [0.1, 0.15) is 33.1 Å². The van der Waals surface area contributed by atoms with E-state index in [1.165, 1.54) is 11.3 Å². The van der Waals surface area contributed by atoms with Crippen molar-refractivity contribution in [2.24, 2.45) is 0 Å². The van der Waals surface area contributed by atoms with E-state index < -0.39 is 5.97 Å². The molecule has 3 rings (SSSR count). The molecule has 0 aliphatic carbocycles. The van der Waals surface area contributed by atoms with Gasteiger partial charge in [0.15, 0.2) is 6.61 Å². The van der Waals surface area contributed by atoms with Gasteiger partial charge in [0.1, 0.15) is 4.88 Å². The number of carbonyl (C=O) groups excluding carboxylic acids is 2. The van der Waals surface area contributed by atoms with Crippen LogP contribution in [-0.4, -0.2) is 18.5 Å². The van der Waals surface area contributed by atoms with E-state index in [2.05, 4.69) is 5.32 Å². The van der Waals surface area contributed by atoms with Gasteiger partial charge in [-0.1, -0.05) is 35.9 Å². The van der Waals surface area contributed by atoms with Crippen molar-refractivity contribution in [3.8, 4) is 11.1 Å². The first-order valence-electron chi connectivity index (χ1n) is 8.19. The molecule has 0 aliphatic rings. The highest BCUT2D eigenvalue weighted by Crippen LogP contribution is 2.29. The van der Waals surface area contributed by atoms with Crippen molar-refractivity contribution in [3.05, 3.63) is 68.5 Å². The van der Waals surface area contributed by atoms with E-state index in [0.29, 0.717) is 4.88 Å². The number of nitrogens with one attached hydrogen (secondary N) is 1. The standard InChI is InChI=1S/C20H19NO3S2/c1-13-5-7-15(8-6-13)16-9-11-26-19(16)20(23)24-12-18(22)21-14(2)17-4-3-10-25-17/h3-11,14H,12H2,1-2H3,(H,21,22)/t14-/m1/s1. The van der Waals surface area contributed by atoms with Gasteiger partial charge in [-0.15, -0.1) is 22.7 Å². The molecule has 26 heavy (non-hydrogen) atoms. The van der Waals surface area contributed by atoms with Crippen LogP contribution in [0, 0.1) is 6.92 Å². The molecule has 1 amide bonds. The van der Waals surface area contributed by atoms with Crippen LogP contribution in [0.4, 0.5) is 0 Å². The Bertz CT molecular complexity index is 882. The molecule has 0 saturated carbocycles. The van der Waals surface area contributed by atoms with Gasteiger partial charge in [-0.25, -0.2) is 4.79 Å².